The van der Waals surface area contributed by atoms with E-state index in [2.05, 4.69) is 0 Å². The van der Waals surface area contributed by atoms with Crippen molar-refractivity contribution < 1.29 is 24.2 Å². The summed E-state index contributed by atoms with van der Waals surface area (Å²) in [5, 5.41) is 8.67. The average Bonchev–Trinajstić information content (AvgIpc) is 2.45. The minimum Gasteiger partial charge on any atom is -0.497 e. The number of rotatable bonds is 7. The molecular weight excluding hydrogens is 274 g/mol. The molecule has 1 amide bonds. The van der Waals surface area contributed by atoms with Crippen molar-refractivity contribution in [3.8, 4) is 11.5 Å². The van der Waals surface area contributed by atoms with Gasteiger partial charge in [-0.3, -0.25) is 4.79 Å². The van der Waals surface area contributed by atoms with E-state index in [0.29, 0.717) is 17.1 Å². The van der Waals surface area contributed by atoms with Gasteiger partial charge in [0.1, 0.15) is 11.5 Å². The zero-order valence-corrected chi connectivity index (χ0v) is 12.3. The maximum absolute atomic E-state index is 11.5. The van der Waals surface area contributed by atoms with Gasteiger partial charge in [-0.25, -0.2) is 4.79 Å². The second-order valence-electron chi connectivity index (χ2n) is 4.46. The van der Waals surface area contributed by atoms with Crippen LogP contribution in [0, 0.1) is 0 Å². The number of carboxylic acid groups (broad SMARTS) is 1. The van der Waals surface area contributed by atoms with E-state index in [-0.39, 0.29) is 18.9 Å². The summed E-state index contributed by atoms with van der Waals surface area (Å²) in [6.07, 6.45) is 2.71. The fraction of sp³-hybridized carbons (Fsp3) is 0.333. The molecule has 0 aliphatic carbocycles. The normalized spacial score (nSPS) is 10.4. The Balaban J connectivity index is 2.81. The minimum atomic E-state index is -1.04. The van der Waals surface area contributed by atoms with Gasteiger partial charge < -0.3 is 19.5 Å². The zero-order chi connectivity index (χ0) is 15.8. The molecule has 0 bridgehead atoms. The van der Waals surface area contributed by atoms with Crippen LogP contribution in [0.2, 0.25) is 0 Å². The molecule has 0 saturated carbocycles. The highest BCUT2D eigenvalue weighted by Gasteiger charge is 2.07. The lowest BCUT2D eigenvalue weighted by molar-refractivity contribution is -0.131. The van der Waals surface area contributed by atoms with Crippen molar-refractivity contribution in [2.45, 2.75) is 6.42 Å². The SMILES string of the molecule is COc1ccc(/C=C/C(=O)O)c(OCCC(=O)N(C)C)c1. The van der Waals surface area contributed by atoms with E-state index >= 15 is 0 Å². The van der Waals surface area contributed by atoms with Crippen molar-refractivity contribution in [3.05, 3.63) is 29.8 Å². The van der Waals surface area contributed by atoms with Crippen LogP contribution in [0.15, 0.2) is 24.3 Å². The van der Waals surface area contributed by atoms with Crippen molar-refractivity contribution in [2.75, 3.05) is 27.8 Å². The van der Waals surface area contributed by atoms with E-state index in [1.807, 2.05) is 0 Å². The lowest BCUT2D eigenvalue weighted by Gasteiger charge is -2.13. The van der Waals surface area contributed by atoms with Crippen LogP contribution < -0.4 is 9.47 Å². The Morgan fingerprint density at radius 1 is 1.33 bits per heavy atom. The molecule has 0 heterocycles. The second-order valence-corrected chi connectivity index (χ2v) is 4.46. The summed E-state index contributed by atoms with van der Waals surface area (Å²) >= 11 is 0. The third kappa shape index (κ3) is 5.56. The monoisotopic (exact) mass is 293 g/mol. The minimum absolute atomic E-state index is 0.0412. The number of nitrogens with zero attached hydrogens (tertiary/aromatic N) is 1. The van der Waals surface area contributed by atoms with Crippen LogP contribution in [0.4, 0.5) is 0 Å². The third-order valence-corrected chi connectivity index (χ3v) is 2.70. The van der Waals surface area contributed by atoms with Gasteiger partial charge in [-0.15, -0.1) is 0 Å². The van der Waals surface area contributed by atoms with Gasteiger partial charge in [-0.05, 0) is 18.2 Å². The van der Waals surface area contributed by atoms with Crippen LogP contribution in [-0.2, 0) is 9.59 Å². The molecule has 0 fully saturated rings. The number of amides is 1. The molecule has 0 saturated heterocycles. The Morgan fingerprint density at radius 2 is 2.05 bits per heavy atom. The largest absolute Gasteiger partial charge is 0.497 e. The molecule has 114 valence electrons. The Hall–Kier alpha value is -2.50. The Kier molecular flexibility index (Phi) is 6.26. The molecule has 6 heteroatoms. The lowest BCUT2D eigenvalue weighted by atomic mass is 10.1. The highest BCUT2D eigenvalue weighted by Crippen LogP contribution is 2.26. The number of methoxy groups -OCH3 is 1. The number of carbonyl (C=O) groups is 2. The zero-order valence-electron chi connectivity index (χ0n) is 12.3. The van der Waals surface area contributed by atoms with E-state index in [0.717, 1.165) is 6.08 Å². The molecule has 0 atom stereocenters. The van der Waals surface area contributed by atoms with Gasteiger partial charge in [0, 0.05) is 31.8 Å². The Morgan fingerprint density at radius 3 is 2.62 bits per heavy atom. The number of hydrogen-bond donors (Lipinski definition) is 1. The summed E-state index contributed by atoms with van der Waals surface area (Å²) in [7, 11) is 4.88. The molecule has 0 radical (unpaired) electrons. The topological polar surface area (TPSA) is 76.1 Å². The summed E-state index contributed by atoms with van der Waals surface area (Å²) < 4.78 is 10.7. The second kappa shape index (κ2) is 7.94. The predicted molar refractivity (Wildman–Crippen MR) is 78.5 cm³/mol. The Bertz CT molecular complexity index is 537. The number of carbonyl (C=O) groups excluding carboxylic acids is 1. The lowest BCUT2D eigenvalue weighted by Crippen LogP contribution is -2.23. The first-order valence-electron chi connectivity index (χ1n) is 6.36. The molecule has 0 aliphatic rings. The molecular formula is C15H19NO5. The van der Waals surface area contributed by atoms with Crippen LogP contribution in [-0.4, -0.2) is 49.7 Å². The van der Waals surface area contributed by atoms with Crippen LogP contribution in [0.3, 0.4) is 0 Å². The first-order chi connectivity index (χ1) is 9.93. The summed E-state index contributed by atoms with van der Waals surface area (Å²) in [5.41, 5.74) is 0.607. The quantitative estimate of drug-likeness (QED) is 0.774. The highest BCUT2D eigenvalue weighted by atomic mass is 16.5. The average molecular weight is 293 g/mol. The number of benzene rings is 1. The van der Waals surface area contributed by atoms with Gasteiger partial charge in [-0.1, -0.05) is 0 Å². The molecule has 1 aromatic rings. The third-order valence-electron chi connectivity index (χ3n) is 2.70. The van der Waals surface area contributed by atoms with Gasteiger partial charge in [-0.2, -0.15) is 0 Å². The number of hydrogen-bond acceptors (Lipinski definition) is 4. The Labute approximate surface area is 123 Å². The van der Waals surface area contributed by atoms with E-state index in [1.54, 1.807) is 32.3 Å². The number of aliphatic carboxylic acids is 1. The van der Waals surface area contributed by atoms with Crippen LogP contribution in [0.5, 0.6) is 11.5 Å². The molecule has 6 nitrogen and oxygen atoms in total. The van der Waals surface area contributed by atoms with Gasteiger partial charge >= 0.3 is 5.97 Å². The van der Waals surface area contributed by atoms with Crippen molar-refractivity contribution in [2.24, 2.45) is 0 Å². The smallest absolute Gasteiger partial charge is 0.328 e. The highest BCUT2D eigenvalue weighted by molar-refractivity contribution is 5.86. The van der Waals surface area contributed by atoms with Crippen molar-refractivity contribution >= 4 is 18.0 Å². The summed E-state index contributed by atoms with van der Waals surface area (Å²) in [6, 6.07) is 5.06. The number of ether oxygens (including phenoxy) is 2. The van der Waals surface area contributed by atoms with Crippen molar-refractivity contribution in [1.29, 1.82) is 0 Å². The van der Waals surface area contributed by atoms with E-state index in [4.69, 9.17) is 14.6 Å². The molecule has 1 N–H and O–H groups in total. The van der Waals surface area contributed by atoms with E-state index < -0.39 is 5.97 Å². The predicted octanol–water partition coefficient (Wildman–Crippen LogP) is 1.65. The number of carboxylic acids is 1. The molecule has 0 aromatic heterocycles. The first kappa shape index (κ1) is 16.6. The summed E-state index contributed by atoms with van der Waals surface area (Å²) in [5.74, 6) is -0.0186. The summed E-state index contributed by atoms with van der Waals surface area (Å²) in [6.45, 7) is 0.206. The molecule has 1 aromatic carbocycles. The van der Waals surface area contributed by atoms with Gasteiger partial charge in [0.15, 0.2) is 0 Å². The fourth-order valence-corrected chi connectivity index (χ4v) is 1.54. The molecule has 1 rings (SSSR count). The van der Waals surface area contributed by atoms with E-state index in [9.17, 15) is 9.59 Å². The molecule has 21 heavy (non-hydrogen) atoms. The van der Waals surface area contributed by atoms with Crippen molar-refractivity contribution in [1.82, 2.24) is 4.90 Å². The van der Waals surface area contributed by atoms with Gasteiger partial charge in [0.25, 0.3) is 0 Å². The summed E-state index contributed by atoms with van der Waals surface area (Å²) in [4.78, 5) is 23.6. The van der Waals surface area contributed by atoms with Crippen LogP contribution in [0.25, 0.3) is 6.08 Å². The molecule has 0 aliphatic heterocycles. The molecule has 0 spiro atoms. The molecule has 0 unspecified atom stereocenters. The maximum atomic E-state index is 11.5. The first-order valence-corrected chi connectivity index (χ1v) is 6.36. The van der Waals surface area contributed by atoms with Crippen molar-refractivity contribution in [3.63, 3.8) is 0 Å². The standard InChI is InChI=1S/C15H19NO5/c1-16(2)14(17)8-9-21-13-10-12(20-3)6-4-11(13)5-7-15(18)19/h4-7,10H,8-9H2,1-3H3,(H,18,19)/b7-5+. The van der Waals surface area contributed by atoms with Crippen LogP contribution >= 0.6 is 0 Å². The van der Waals surface area contributed by atoms with Gasteiger partial charge in [0.2, 0.25) is 5.91 Å². The van der Waals surface area contributed by atoms with Crippen LogP contribution in [0.1, 0.15) is 12.0 Å². The maximum Gasteiger partial charge on any atom is 0.328 e. The fourth-order valence-electron chi connectivity index (χ4n) is 1.54. The van der Waals surface area contributed by atoms with E-state index in [1.165, 1.54) is 18.1 Å². The van der Waals surface area contributed by atoms with Gasteiger partial charge in [0.05, 0.1) is 20.1 Å².